The van der Waals surface area contributed by atoms with Gasteiger partial charge in [-0.2, -0.15) is 0 Å². The molecule has 2 aliphatic carbocycles. The zero-order valence-corrected chi connectivity index (χ0v) is 9.95. The smallest absolute Gasteiger partial charge is 0.0984 e. The van der Waals surface area contributed by atoms with E-state index in [9.17, 15) is 0 Å². The maximum atomic E-state index is 4.86. The van der Waals surface area contributed by atoms with Crippen LogP contribution in [0.25, 0.3) is 0 Å². The summed E-state index contributed by atoms with van der Waals surface area (Å²) in [6, 6.07) is 0. The molecule has 2 aliphatic rings. The zero-order chi connectivity index (χ0) is 9.92. The van der Waals surface area contributed by atoms with Crippen LogP contribution in [0.5, 0.6) is 0 Å². The first-order valence-electron chi connectivity index (χ1n) is 5.57. The number of rotatable bonds is 0. The molecule has 0 N–H and O–H groups in total. The largest absolute Gasteiger partial charge is 0.245 e. The molecule has 0 aromatic carbocycles. The van der Waals surface area contributed by atoms with Gasteiger partial charge in [0.1, 0.15) is 0 Å². The minimum absolute atomic E-state index is 0.244. The Bertz CT molecular complexity index is 345. The van der Waals surface area contributed by atoms with Crippen molar-refractivity contribution in [2.75, 3.05) is 0 Å². The topological polar surface area (TPSA) is 12.9 Å². The molecule has 1 heterocycles. The maximum absolute atomic E-state index is 4.86. The summed E-state index contributed by atoms with van der Waals surface area (Å²) >= 11 is 1.98. The number of fused-ring (bicyclic) bond motifs is 5. The second-order valence-electron chi connectivity index (χ2n) is 5.73. The predicted molar refractivity (Wildman–Crippen MR) is 60.1 cm³/mol. The lowest BCUT2D eigenvalue weighted by Gasteiger charge is -2.14. The summed E-state index contributed by atoms with van der Waals surface area (Å²) in [5, 5.41) is 1.35. The van der Waals surface area contributed by atoms with E-state index >= 15 is 0 Å². The molecule has 2 heteroatoms. The first-order chi connectivity index (χ1) is 6.55. The first kappa shape index (κ1) is 8.90. The van der Waals surface area contributed by atoms with E-state index in [1.54, 1.807) is 4.88 Å². The second kappa shape index (κ2) is 2.60. The molecule has 1 saturated carbocycles. The van der Waals surface area contributed by atoms with Gasteiger partial charge in [-0.05, 0) is 25.2 Å². The Balaban J connectivity index is 2.07. The van der Waals surface area contributed by atoms with Crippen molar-refractivity contribution in [2.45, 2.75) is 57.3 Å². The van der Waals surface area contributed by atoms with Gasteiger partial charge in [0.2, 0.25) is 0 Å². The summed E-state index contributed by atoms with van der Waals surface area (Å²) < 4.78 is 0. The average molecular weight is 207 g/mol. The van der Waals surface area contributed by atoms with Gasteiger partial charge in [-0.3, -0.25) is 0 Å². The maximum Gasteiger partial charge on any atom is 0.0984 e. The van der Waals surface area contributed by atoms with Crippen molar-refractivity contribution < 1.29 is 0 Å². The van der Waals surface area contributed by atoms with Crippen LogP contribution in [0.3, 0.4) is 0 Å². The lowest BCUT2D eigenvalue weighted by molar-refractivity contribution is 0.578. The van der Waals surface area contributed by atoms with Crippen LogP contribution in [0.2, 0.25) is 0 Å². The highest BCUT2D eigenvalue weighted by atomic mass is 32.1. The van der Waals surface area contributed by atoms with Crippen molar-refractivity contribution in [1.29, 1.82) is 0 Å². The monoisotopic (exact) mass is 207 g/mol. The second-order valence-corrected chi connectivity index (χ2v) is 6.76. The zero-order valence-electron chi connectivity index (χ0n) is 9.13. The molecule has 1 fully saturated rings. The molecule has 1 nitrogen and oxygen atoms in total. The number of aromatic nitrogens is 1. The normalized spacial score (nSPS) is 29.6. The first-order valence-corrected chi connectivity index (χ1v) is 6.38. The lowest BCUT2D eigenvalue weighted by Crippen LogP contribution is -2.10. The number of nitrogens with zero attached hydrogens (tertiary/aromatic N) is 1. The summed E-state index contributed by atoms with van der Waals surface area (Å²) in [5.74, 6) is 1.70. The van der Waals surface area contributed by atoms with Crippen LogP contribution in [0.4, 0.5) is 0 Å². The van der Waals surface area contributed by atoms with Gasteiger partial charge < -0.3 is 0 Å². The van der Waals surface area contributed by atoms with E-state index in [4.69, 9.17) is 4.98 Å². The molecule has 2 atom stereocenters. The third kappa shape index (κ3) is 1.10. The summed E-state index contributed by atoms with van der Waals surface area (Å²) in [6.45, 7) is 6.80. The molecule has 0 amide bonds. The van der Waals surface area contributed by atoms with Crippen LogP contribution in [-0.4, -0.2) is 4.98 Å². The molecule has 0 spiro atoms. The summed E-state index contributed by atoms with van der Waals surface area (Å²) in [4.78, 5) is 6.49. The van der Waals surface area contributed by atoms with E-state index in [0.717, 1.165) is 11.8 Å². The Hall–Kier alpha value is -0.370. The molecular formula is C12H17NS. The van der Waals surface area contributed by atoms with Gasteiger partial charge in [-0.15, -0.1) is 11.3 Å². The van der Waals surface area contributed by atoms with Gasteiger partial charge in [0, 0.05) is 16.2 Å². The fraction of sp³-hybridized carbons (Fsp3) is 0.750. The summed E-state index contributed by atoms with van der Waals surface area (Å²) in [7, 11) is 0. The molecule has 2 bridgehead atoms. The Kier molecular flexibility index (Phi) is 1.65. The highest BCUT2D eigenvalue weighted by Gasteiger charge is 2.41. The average Bonchev–Trinajstić information content (AvgIpc) is 2.74. The standard InChI is InChI=1S/C12H17NS/c1-12(2,3)11-13-9-7-4-5-8(6-7)10(9)14-11/h7-8H,4-6H2,1-3H3. The van der Waals surface area contributed by atoms with E-state index in [2.05, 4.69) is 20.8 Å². The van der Waals surface area contributed by atoms with E-state index < -0.39 is 0 Å². The molecule has 76 valence electrons. The van der Waals surface area contributed by atoms with Crippen LogP contribution in [-0.2, 0) is 5.41 Å². The lowest BCUT2D eigenvalue weighted by atomic mass is 9.98. The van der Waals surface area contributed by atoms with Gasteiger partial charge in [0.25, 0.3) is 0 Å². The molecule has 1 aromatic rings. The van der Waals surface area contributed by atoms with E-state index in [0.29, 0.717) is 0 Å². The van der Waals surface area contributed by atoms with Gasteiger partial charge in [0.15, 0.2) is 0 Å². The number of hydrogen-bond donors (Lipinski definition) is 0. The van der Waals surface area contributed by atoms with Crippen molar-refractivity contribution in [3.8, 4) is 0 Å². The minimum atomic E-state index is 0.244. The number of hydrogen-bond acceptors (Lipinski definition) is 2. The van der Waals surface area contributed by atoms with Gasteiger partial charge in [-0.25, -0.2) is 4.98 Å². The molecule has 0 radical (unpaired) electrons. The Labute approximate surface area is 89.6 Å². The van der Waals surface area contributed by atoms with E-state index in [1.807, 2.05) is 11.3 Å². The molecule has 1 aromatic heterocycles. The highest BCUT2D eigenvalue weighted by Crippen LogP contribution is 2.55. The van der Waals surface area contributed by atoms with Gasteiger partial charge >= 0.3 is 0 Å². The fourth-order valence-corrected chi connectivity index (χ4v) is 4.07. The van der Waals surface area contributed by atoms with Crippen LogP contribution in [0.1, 0.15) is 67.4 Å². The predicted octanol–water partition coefficient (Wildman–Crippen LogP) is 3.81. The van der Waals surface area contributed by atoms with Crippen molar-refractivity contribution in [2.24, 2.45) is 0 Å². The van der Waals surface area contributed by atoms with Crippen LogP contribution in [0, 0.1) is 0 Å². The molecular weight excluding hydrogens is 190 g/mol. The third-order valence-electron chi connectivity index (χ3n) is 3.51. The van der Waals surface area contributed by atoms with Crippen molar-refractivity contribution in [3.63, 3.8) is 0 Å². The minimum Gasteiger partial charge on any atom is -0.245 e. The van der Waals surface area contributed by atoms with Crippen LogP contribution < -0.4 is 0 Å². The Morgan fingerprint density at radius 2 is 1.93 bits per heavy atom. The summed E-state index contributed by atoms with van der Waals surface area (Å²) in [6.07, 6.45) is 4.22. The molecule has 2 unspecified atom stereocenters. The highest BCUT2D eigenvalue weighted by molar-refractivity contribution is 7.12. The third-order valence-corrected chi connectivity index (χ3v) is 5.17. The van der Waals surface area contributed by atoms with Crippen molar-refractivity contribution in [3.05, 3.63) is 15.6 Å². The van der Waals surface area contributed by atoms with Crippen molar-refractivity contribution in [1.82, 2.24) is 4.98 Å². The fourth-order valence-electron chi connectivity index (χ4n) is 2.72. The molecule has 0 saturated heterocycles. The van der Waals surface area contributed by atoms with Crippen LogP contribution >= 0.6 is 11.3 Å². The molecule has 14 heavy (non-hydrogen) atoms. The number of thiazole rings is 1. The molecule has 0 aliphatic heterocycles. The Morgan fingerprint density at radius 3 is 2.57 bits per heavy atom. The SMILES string of the molecule is CC(C)(C)c1nc2c(s1)C1CCC2C1. The van der Waals surface area contributed by atoms with Gasteiger partial charge in [-0.1, -0.05) is 20.8 Å². The van der Waals surface area contributed by atoms with Gasteiger partial charge in [0.05, 0.1) is 10.7 Å². The van der Waals surface area contributed by atoms with Crippen molar-refractivity contribution >= 4 is 11.3 Å². The summed E-state index contributed by atoms with van der Waals surface area (Å²) in [5.41, 5.74) is 1.71. The van der Waals surface area contributed by atoms with E-state index in [1.165, 1.54) is 30.0 Å². The Morgan fingerprint density at radius 1 is 1.21 bits per heavy atom. The van der Waals surface area contributed by atoms with E-state index in [-0.39, 0.29) is 5.41 Å². The van der Waals surface area contributed by atoms with Crippen LogP contribution in [0.15, 0.2) is 0 Å². The quantitative estimate of drug-likeness (QED) is 0.630. The molecule has 3 rings (SSSR count).